The average molecular weight is 259 g/mol. The Hall–Kier alpha value is -1.02. The number of methoxy groups -OCH3 is 1. The zero-order chi connectivity index (χ0) is 13.2. The second-order valence-corrected chi connectivity index (χ2v) is 6.12. The SMILES string of the molecule is CCNC(c1ccccc1OC)C1CC2CCC1C2. The predicted molar refractivity (Wildman–Crippen MR) is 78.3 cm³/mol. The van der Waals surface area contributed by atoms with Crippen LogP contribution < -0.4 is 10.1 Å². The molecule has 1 aromatic carbocycles. The first-order valence-electron chi connectivity index (χ1n) is 7.69. The number of benzene rings is 1. The van der Waals surface area contributed by atoms with E-state index in [9.17, 15) is 0 Å². The zero-order valence-electron chi connectivity index (χ0n) is 12.1. The maximum Gasteiger partial charge on any atom is 0.123 e. The van der Waals surface area contributed by atoms with Gasteiger partial charge < -0.3 is 10.1 Å². The van der Waals surface area contributed by atoms with Gasteiger partial charge in [-0.15, -0.1) is 0 Å². The van der Waals surface area contributed by atoms with Crippen LogP contribution in [0, 0.1) is 17.8 Å². The molecular formula is C17H25NO. The molecule has 4 atom stereocenters. The summed E-state index contributed by atoms with van der Waals surface area (Å²) in [6.07, 6.45) is 5.76. The maximum atomic E-state index is 5.57. The van der Waals surface area contributed by atoms with E-state index in [1.165, 1.54) is 31.2 Å². The van der Waals surface area contributed by atoms with Gasteiger partial charge in [-0.3, -0.25) is 0 Å². The number of nitrogens with one attached hydrogen (secondary N) is 1. The lowest BCUT2D eigenvalue weighted by Crippen LogP contribution is -2.31. The van der Waals surface area contributed by atoms with Gasteiger partial charge in [-0.05, 0) is 49.6 Å². The Morgan fingerprint density at radius 3 is 2.74 bits per heavy atom. The van der Waals surface area contributed by atoms with Crippen LogP contribution in [0.5, 0.6) is 5.75 Å². The molecule has 0 saturated heterocycles. The molecule has 0 amide bonds. The van der Waals surface area contributed by atoms with Crippen molar-refractivity contribution in [3.63, 3.8) is 0 Å². The molecule has 0 heterocycles. The molecule has 1 aromatic rings. The van der Waals surface area contributed by atoms with E-state index in [1.807, 2.05) is 0 Å². The first-order valence-corrected chi connectivity index (χ1v) is 7.69. The van der Waals surface area contributed by atoms with Crippen molar-refractivity contribution in [3.8, 4) is 5.75 Å². The summed E-state index contributed by atoms with van der Waals surface area (Å²) in [6.45, 7) is 3.23. The van der Waals surface area contributed by atoms with E-state index in [0.29, 0.717) is 6.04 Å². The van der Waals surface area contributed by atoms with Crippen LogP contribution in [0.15, 0.2) is 24.3 Å². The Balaban J connectivity index is 1.88. The first kappa shape index (κ1) is 13.0. The van der Waals surface area contributed by atoms with Crippen molar-refractivity contribution in [2.45, 2.75) is 38.6 Å². The molecule has 2 saturated carbocycles. The second-order valence-electron chi connectivity index (χ2n) is 6.12. The summed E-state index contributed by atoms with van der Waals surface area (Å²) in [5, 5.41) is 3.72. The Morgan fingerprint density at radius 1 is 1.26 bits per heavy atom. The standard InChI is InChI=1S/C17H25NO/c1-3-18-17(14-6-4-5-7-16(14)19-2)15-11-12-8-9-13(15)10-12/h4-7,12-13,15,17-18H,3,8-11H2,1-2H3. The summed E-state index contributed by atoms with van der Waals surface area (Å²) >= 11 is 0. The Labute approximate surface area is 116 Å². The van der Waals surface area contributed by atoms with E-state index >= 15 is 0 Å². The molecule has 0 aliphatic heterocycles. The molecule has 2 heteroatoms. The molecule has 4 unspecified atom stereocenters. The van der Waals surface area contributed by atoms with Gasteiger partial charge >= 0.3 is 0 Å². The van der Waals surface area contributed by atoms with Gasteiger partial charge in [0.15, 0.2) is 0 Å². The first-order chi connectivity index (χ1) is 9.33. The number of ether oxygens (including phenoxy) is 1. The summed E-state index contributed by atoms with van der Waals surface area (Å²) in [5.41, 5.74) is 1.35. The Morgan fingerprint density at radius 2 is 2.11 bits per heavy atom. The highest BCUT2D eigenvalue weighted by molar-refractivity contribution is 5.36. The highest BCUT2D eigenvalue weighted by atomic mass is 16.5. The van der Waals surface area contributed by atoms with Gasteiger partial charge in [-0.25, -0.2) is 0 Å². The Bertz CT molecular complexity index is 431. The van der Waals surface area contributed by atoms with Crippen LogP contribution in [-0.4, -0.2) is 13.7 Å². The number of para-hydroxylation sites is 1. The molecule has 0 aromatic heterocycles. The summed E-state index contributed by atoms with van der Waals surface area (Å²) < 4.78 is 5.57. The lowest BCUT2D eigenvalue weighted by molar-refractivity contribution is 0.248. The summed E-state index contributed by atoms with van der Waals surface area (Å²) in [7, 11) is 1.78. The van der Waals surface area contributed by atoms with E-state index < -0.39 is 0 Å². The maximum absolute atomic E-state index is 5.57. The summed E-state index contributed by atoms with van der Waals surface area (Å²) in [5.74, 6) is 3.76. The Kier molecular flexibility index (Phi) is 3.79. The largest absolute Gasteiger partial charge is 0.496 e. The lowest BCUT2D eigenvalue weighted by Gasteiger charge is -2.32. The van der Waals surface area contributed by atoms with Crippen LogP contribution in [-0.2, 0) is 0 Å². The van der Waals surface area contributed by atoms with Crippen molar-refractivity contribution in [1.29, 1.82) is 0 Å². The fraction of sp³-hybridized carbons (Fsp3) is 0.647. The summed E-state index contributed by atoms with van der Waals surface area (Å²) in [6, 6.07) is 8.99. The molecule has 0 radical (unpaired) electrons. The third-order valence-electron chi connectivity index (χ3n) is 5.12. The van der Waals surface area contributed by atoms with Crippen LogP contribution in [0.25, 0.3) is 0 Å². The van der Waals surface area contributed by atoms with Crippen LogP contribution in [0.2, 0.25) is 0 Å². The molecule has 0 spiro atoms. The van der Waals surface area contributed by atoms with Gasteiger partial charge in [-0.1, -0.05) is 31.5 Å². The van der Waals surface area contributed by atoms with Gasteiger partial charge in [0.1, 0.15) is 5.75 Å². The van der Waals surface area contributed by atoms with Crippen molar-refractivity contribution in [3.05, 3.63) is 29.8 Å². The van der Waals surface area contributed by atoms with Crippen molar-refractivity contribution in [2.75, 3.05) is 13.7 Å². The molecule has 2 aliphatic rings. The predicted octanol–water partition coefficient (Wildman–Crippen LogP) is 3.78. The minimum absolute atomic E-state index is 0.469. The van der Waals surface area contributed by atoms with Gasteiger partial charge in [0, 0.05) is 11.6 Å². The minimum Gasteiger partial charge on any atom is -0.496 e. The molecule has 3 rings (SSSR count). The molecular weight excluding hydrogens is 234 g/mol. The quantitative estimate of drug-likeness (QED) is 0.869. The van der Waals surface area contributed by atoms with E-state index in [2.05, 4.69) is 36.5 Å². The van der Waals surface area contributed by atoms with Crippen molar-refractivity contribution in [1.82, 2.24) is 5.32 Å². The van der Waals surface area contributed by atoms with Gasteiger partial charge in [0.2, 0.25) is 0 Å². The summed E-state index contributed by atoms with van der Waals surface area (Å²) in [4.78, 5) is 0. The monoisotopic (exact) mass is 259 g/mol. The van der Waals surface area contributed by atoms with Gasteiger partial charge in [-0.2, -0.15) is 0 Å². The molecule has 2 fully saturated rings. The van der Waals surface area contributed by atoms with Gasteiger partial charge in [0.25, 0.3) is 0 Å². The normalized spacial score (nSPS) is 30.5. The molecule has 2 nitrogen and oxygen atoms in total. The van der Waals surface area contributed by atoms with Crippen LogP contribution in [0.1, 0.15) is 44.2 Å². The smallest absolute Gasteiger partial charge is 0.123 e. The number of rotatable bonds is 5. The number of hydrogen-bond donors (Lipinski definition) is 1. The minimum atomic E-state index is 0.469. The fourth-order valence-corrected chi connectivity index (χ4v) is 4.34. The van der Waals surface area contributed by atoms with Crippen molar-refractivity contribution in [2.24, 2.45) is 17.8 Å². The van der Waals surface area contributed by atoms with Crippen molar-refractivity contribution < 1.29 is 4.74 Å². The van der Waals surface area contributed by atoms with E-state index in [4.69, 9.17) is 4.74 Å². The van der Waals surface area contributed by atoms with Crippen LogP contribution in [0.4, 0.5) is 0 Å². The molecule has 1 N–H and O–H groups in total. The average Bonchev–Trinajstić information content (AvgIpc) is 3.07. The van der Waals surface area contributed by atoms with E-state index in [1.54, 1.807) is 7.11 Å². The number of hydrogen-bond acceptors (Lipinski definition) is 2. The zero-order valence-corrected chi connectivity index (χ0v) is 12.1. The lowest BCUT2D eigenvalue weighted by atomic mass is 9.80. The highest BCUT2D eigenvalue weighted by Gasteiger charge is 2.43. The molecule has 104 valence electrons. The van der Waals surface area contributed by atoms with Crippen LogP contribution in [0.3, 0.4) is 0 Å². The fourth-order valence-electron chi connectivity index (χ4n) is 4.34. The molecule has 2 bridgehead atoms. The second kappa shape index (κ2) is 5.54. The van der Waals surface area contributed by atoms with Crippen molar-refractivity contribution >= 4 is 0 Å². The highest BCUT2D eigenvalue weighted by Crippen LogP contribution is 2.53. The number of fused-ring (bicyclic) bond motifs is 2. The van der Waals surface area contributed by atoms with Gasteiger partial charge in [0.05, 0.1) is 7.11 Å². The molecule has 19 heavy (non-hydrogen) atoms. The topological polar surface area (TPSA) is 21.3 Å². The van der Waals surface area contributed by atoms with E-state index in [0.717, 1.165) is 30.0 Å². The van der Waals surface area contributed by atoms with Crippen LogP contribution >= 0.6 is 0 Å². The van der Waals surface area contributed by atoms with E-state index in [-0.39, 0.29) is 0 Å². The third-order valence-corrected chi connectivity index (χ3v) is 5.12. The molecule has 2 aliphatic carbocycles. The third kappa shape index (κ3) is 2.38.